The van der Waals surface area contributed by atoms with Gasteiger partial charge in [0.2, 0.25) is 0 Å². The van der Waals surface area contributed by atoms with E-state index in [9.17, 15) is 26.3 Å². The Morgan fingerprint density at radius 3 is 1.71 bits per heavy atom. The summed E-state index contributed by atoms with van der Waals surface area (Å²) in [5.74, 6) is -15.6. The lowest BCUT2D eigenvalue weighted by atomic mass is 10.1. The second-order valence-electron chi connectivity index (χ2n) is 5.70. The molecule has 132 valence electrons. The van der Waals surface area contributed by atoms with Crippen LogP contribution in [0.5, 0.6) is 0 Å². The molecule has 1 aliphatic carbocycles. The van der Waals surface area contributed by atoms with Crippen molar-refractivity contribution < 1.29 is 26.3 Å². The summed E-state index contributed by atoms with van der Waals surface area (Å²) in [7, 11) is 0. The molecule has 0 spiro atoms. The molecule has 1 saturated heterocycles. The average molecular weight is 371 g/mol. The second-order valence-corrected chi connectivity index (χ2v) is 6.07. The molecule has 0 radical (unpaired) electrons. The highest BCUT2D eigenvalue weighted by Gasteiger charge is 2.81. The van der Waals surface area contributed by atoms with Gasteiger partial charge in [0.05, 0.1) is 0 Å². The highest BCUT2D eigenvalue weighted by molar-refractivity contribution is 6.31. The minimum atomic E-state index is -5.54. The molecule has 1 aromatic rings. The number of anilines is 1. The van der Waals surface area contributed by atoms with Gasteiger partial charge in [-0.3, -0.25) is 0 Å². The van der Waals surface area contributed by atoms with Crippen LogP contribution in [0.3, 0.4) is 0 Å². The smallest absolute Gasteiger partial charge is 0.368 e. The van der Waals surface area contributed by atoms with Crippen LogP contribution in [0.25, 0.3) is 0 Å². The van der Waals surface area contributed by atoms with Crippen LogP contribution < -0.4 is 4.90 Å². The van der Waals surface area contributed by atoms with Crippen LogP contribution in [0.1, 0.15) is 0 Å². The van der Waals surface area contributed by atoms with Gasteiger partial charge in [0.15, 0.2) is 0 Å². The van der Waals surface area contributed by atoms with E-state index in [0.717, 1.165) is 10.6 Å². The Morgan fingerprint density at radius 2 is 1.25 bits per heavy atom. The molecule has 24 heavy (non-hydrogen) atoms. The zero-order chi connectivity index (χ0) is 17.8. The molecule has 9 heteroatoms. The number of benzene rings is 1. The van der Waals surface area contributed by atoms with E-state index in [2.05, 4.69) is 0 Å². The molecule has 0 atom stereocenters. The molecule has 0 bridgehead atoms. The van der Waals surface area contributed by atoms with Crippen LogP contribution in [0, 0.1) is 0 Å². The summed E-state index contributed by atoms with van der Waals surface area (Å²) in [6.07, 6.45) is 0. The second kappa shape index (κ2) is 5.47. The summed E-state index contributed by atoms with van der Waals surface area (Å²) in [4.78, 5) is 2.69. The number of rotatable bonds is 2. The van der Waals surface area contributed by atoms with E-state index in [0.29, 0.717) is 0 Å². The maximum Gasteiger partial charge on any atom is 0.383 e. The van der Waals surface area contributed by atoms with Crippen molar-refractivity contribution >= 4 is 17.3 Å². The summed E-state index contributed by atoms with van der Waals surface area (Å²) in [6, 6.07) is 9.04. The predicted octanol–water partition coefficient (Wildman–Crippen LogP) is 4.18. The monoisotopic (exact) mass is 370 g/mol. The van der Waals surface area contributed by atoms with Crippen molar-refractivity contribution in [1.82, 2.24) is 4.90 Å². The van der Waals surface area contributed by atoms with E-state index in [1.807, 2.05) is 23.1 Å². The van der Waals surface area contributed by atoms with E-state index >= 15 is 0 Å². The molecule has 0 unspecified atom stereocenters. The van der Waals surface area contributed by atoms with Crippen LogP contribution in [0.15, 0.2) is 41.1 Å². The molecule has 0 aromatic heterocycles. The predicted molar refractivity (Wildman–Crippen MR) is 77.9 cm³/mol. The lowest BCUT2D eigenvalue weighted by Crippen LogP contribution is -2.53. The minimum absolute atomic E-state index is 0.109. The summed E-state index contributed by atoms with van der Waals surface area (Å²) in [6.45, 7) is 0.236. The Labute approximate surface area is 139 Å². The number of para-hydroxylation sites is 1. The van der Waals surface area contributed by atoms with Crippen molar-refractivity contribution in [2.24, 2.45) is 0 Å². The molecular weight excluding hydrogens is 358 g/mol. The normalized spacial score (nSPS) is 25.3. The van der Waals surface area contributed by atoms with Gasteiger partial charge in [0, 0.05) is 31.9 Å². The topological polar surface area (TPSA) is 6.48 Å². The van der Waals surface area contributed by atoms with Crippen molar-refractivity contribution in [3.63, 3.8) is 0 Å². The fraction of sp³-hybridized carbons (Fsp3) is 0.467. The Hall–Kier alpha value is -1.57. The van der Waals surface area contributed by atoms with Crippen molar-refractivity contribution in [3.8, 4) is 0 Å². The first-order valence-corrected chi connectivity index (χ1v) is 7.57. The molecule has 2 nitrogen and oxygen atoms in total. The van der Waals surface area contributed by atoms with Gasteiger partial charge in [0.1, 0.15) is 10.7 Å². The van der Waals surface area contributed by atoms with Gasteiger partial charge < -0.3 is 9.80 Å². The van der Waals surface area contributed by atoms with Crippen LogP contribution in [-0.4, -0.2) is 48.8 Å². The molecule has 0 N–H and O–H groups in total. The lowest BCUT2D eigenvalue weighted by Gasteiger charge is -2.39. The highest BCUT2D eigenvalue weighted by Crippen LogP contribution is 2.60. The number of hydrogen-bond acceptors (Lipinski definition) is 2. The number of halogens is 7. The molecule has 0 saturated carbocycles. The van der Waals surface area contributed by atoms with Gasteiger partial charge in [-0.1, -0.05) is 29.8 Å². The lowest BCUT2D eigenvalue weighted by molar-refractivity contribution is -0.267. The summed E-state index contributed by atoms with van der Waals surface area (Å²) in [5, 5.41) is -1.77. The van der Waals surface area contributed by atoms with Crippen LogP contribution in [-0.2, 0) is 0 Å². The molecule has 3 rings (SSSR count). The first kappa shape index (κ1) is 17.3. The van der Waals surface area contributed by atoms with Crippen molar-refractivity contribution in [1.29, 1.82) is 0 Å². The van der Waals surface area contributed by atoms with Crippen LogP contribution in [0.2, 0.25) is 0 Å². The Kier molecular flexibility index (Phi) is 3.94. The number of allylic oxidation sites excluding steroid dienone is 2. The van der Waals surface area contributed by atoms with E-state index in [1.54, 1.807) is 12.1 Å². The van der Waals surface area contributed by atoms with E-state index in [1.165, 1.54) is 0 Å². The third-order valence-electron chi connectivity index (χ3n) is 4.29. The quantitative estimate of drug-likeness (QED) is 0.721. The van der Waals surface area contributed by atoms with Gasteiger partial charge in [-0.2, -0.15) is 26.3 Å². The van der Waals surface area contributed by atoms with Crippen molar-refractivity contribution in [3.05, 3.63) is 41.1 Å². The molecule has 1 heterocycles. The van der Waals surface area contributed by atoms with Crippen LogP contribution >= 0.6 is 11.6 Å². The fourth-order valence-electron chi connectivity index (χ4n) is 2.93. The summed E-state index contributed by atoms with van der Waals surface area (Å²) in [5.41, 5.74) is -0.627. The average Bonchev–Trinajstić information content (AvgIpc) is 2.64. The minimum Gasteiger partial charge on any atom is -0.368 e. The van der Waals surface area contributed by atoms with Gasteiger partial charge >= 0.3 is 17.8 Å². The SMILES string of the molecule is FC1(F)C(Cl)=C(N2CCN(c3ccccc3)CC2)C(F)(F)C1(F)F. The maximum atomic E-state index is 13.9. The zero-order valence-corrected chi connectivity index (χ0v) is 13.0. The Bertz CT molecular complexity index is 653. The number of nitrogens with zero attached hydrogens (tertiary/aromatic N) is 2. The van der Waals surface area contributed by atoms with E-state index < -0.39 is 28.5 Å². The molecular formula is C15H13ClF6N2. The van der Waals surface area contributed by atoms with Gasteiger partial charge in [-0.25, -0.2) is 0 Å². The molecule has 1 aromatic carbocycles. The fourth-order valence-corrected chi connectivity index (χ4v) is 3.29. The van der Waals surface area contributed by atoms with E-state index in [-0.39, 0.29) is 26.2 Å². The Balaban J connectivity index is 1.83. The summed E-state index contributed by atoms with van der Waals surface area (Å²) < 4.78 is 81.7. The number of piperazine rings is 1. The van der Waals surface area contributed by atoms with Crippen molar-refractivity contribution in [2.45, 2.75) is 17.8 Å². The third kappa shape index (κ3) is 2.26. The molecule has 2 aliphatic rings. The first-order valence-electron chi connectivity index (χ1n) is 7.20. The van der Waals surface area contributed by atoms with Gasteiger partial charge in [-0.15, -0.1) is 0 Å². The molecule has 0 amide bonds. The number of hydrogen-bond donors (Lipinski definition) is 0. The Morgan fingerprint density at radius 1 is 0.750 bits per heavy atom. The summed E-state index contributed by atoms with van der Waals surface area (Å²) >= 11 is 5.24. The maximum absolute atomic E-state index is 13.9. The molecule has 1 aliphatic heterocycles. The van der Waals surface area contributed by atoms with Gasteiger partial charge in [0.25, 0.3) is 0 Å². The third-order valence-corrected chi connectivity index (χ3v) is 4.70. The van der Waals surface area contributed by atoms with Crippen molar-refractivity contribution in [2.75, 3.05) is 31.1 Å². The zero-order valence-electron chi connectivity index (χ0n) is 12.3. The highest BCUT2D eigenvalue weighted by atomic mass is 35.5. The standard InChI is InChI=1S/C15H13ClF6N2/c16-11-12(14(19,20)15(21,22)13(11,17)18)24-8-6-23(7-9-24)10-4-2-1-3-5-10/h1-5H,6-9H2. The van der Waals surface area contributed by atoms with Crippen LogP contribution in [0.4, 0.5) is 32.0 Å². The largest absolute Gasteiger partial charge is 0.383 e. The number of alkyl halides is 6. The first-order chi connectivity index (χ1) is 11.1. The van der Waals surface area contributed by atoms with Gasteiger partial charge in [-0.05, 0) is 12.1 Å². The molecule has 1 fully saturated rings. The van der Waals surface area contributed by atoms with E-state index in [4.69, 9.17) is 11.6 Å².